The molecule has 0 aromatic heterocycles. The van der Waals surface area contributed by atoms with E-state index < -0.39 is 0 Å². The van der Waals surface area contributed by atoms with Gasteiger partial charge < -0.3 is 10.6 Å². The van der Waals surface area contributed by atoms with Crippen molar-refractivity contribution in [3.05, 3.63) is 35.6 Å². The molecule has 4 nitrogen and oxygen atoms in total. The summed E-state index contributed by atoms with van der Waals surface area (Å²) < 4.78 is 12.9. The number of carbonyl (C=O) groups is 1. The lowest BCUT2D eigenvalue weighted by molar-refractivity contribution is -0.123. The van der Waals surface area contributed by atoms with Crippen LogP contribution in [0.15, 0.2) is 24.3 Å². The number of hydrogen-bond donors (Lipinski definition) is 2. The van der Waals surface area contributed by atoms with Crippen molar-refractivity contribution in [2.24, 2.45) is 0 Å². The number of halogens is 1. The summed E-state index contributed by atoms with van der Waals surface area (Å²) in [4.78, 5) is 14.2. The Balaban J connectivity index is 1.81. The molecule has 1 atom stereocenters. The molecule has 1 aromatic rings. The van der Waals surface area contributed by atoms with Crippen molar-refractivity contribution < 1.29 is 9.18 Å². The van der Waals surface area contributed by atoms with Gasteiger partial charge in [-0.05, 0) is 57.6 Å². The zero-order chi connectivity index (χ0) is 15.2. The Labute approximate surface area is 125 Å². The average Bonchev–Trinajstić information content (AvgIpc) is 2.48. The predicted octanol–water partition coefficient (Wildman–Crippen LogP) is 1.69. The van der Waals surface area contributed by atoms with Crippen LogP contribution in [0.2, 0.25) is 0 Å². The monoisotopic (exact) mass is 293 g/mol. The fourth-order valence-electron chi connectivity index (χ4n) is 2.72. The van der Waals surface area contributed by atoms with E-state index in [4.69, 9.17) is 0 Å². The highest BCUT2D eigenvalue weighted by Crippen LogP contribution is 2.13. The van der Waals surface area contributed by atoms with Gasteiger partial charge in [0.2, 0.25) is 5.91 Å². The molecular weight excluding hydrogens is 269 g/mol. The minimum atomic E-state index is -0.261. The zero-order valence-corrected chi connectivity index (χ0v) is 12.7. The highest BCUT2D eigenvalue weighted by atomic mass is 19.1. The Morgan fingerprint density at radius 2 is 2.00 bits per heavy atom. The van der Waals surface area contributed by atoms with Crippen molar-refractivity contribution in [2.45, 2.75) is 31.8 Å². The summed E-state index contributed by atoms with van der Waals surface area (Å²) in [6, 6.07) is 6.60. The summed E-state index contributed by atoms with van der Waals surface area (Å²) in [5.74, 6) is -0.254. The Morgan fingerprint density at radius 3 is 2.62 bits per heavy atom. The molecule has 0 spiro atoms. The van der Waals surface area contributed by atoms with Gasteiger partial charge in [-0.1, -0.05) is 12.1 Å². The van der Waals surface area contributed by atoms with Gasteiger partial charge in [0.05, 0.1) is 12.6 Å². The summed E-state index contributed by atoms with van der Waals surface area (Å²) >= 11 is 0. The van der Waals surface area contributed by atoms with E-state index in [1.54, 1.807) is 12.1 Å². The molecule has 2 rings (SSSR count). The lowest BCUT2D eigenvalue weighted by atomic mass is 10.1. The molecule has 1 amide bonds. The highest BCUT2D eigenvalue weighted by Gasteiger charge is 2.20. The second kappa shape index (κ2) is 7.52. The summed E-state index contributed by atoms with van der Waals surface area (Å²) in [6.07, 6.45) is 2.16. The molecule has 1 aliphatic rings. The van der Waals surface area contributed by atoms with Crippen LogP contribution in [0.1, 0.15) is 31.4 Å². The molecule has 5 heteroatoms. The molecule has 0 bridgehead atoms. The number of likely N-dealkylation sites (N-methyl/N-ethyl adjacent to an activating group) is 1. The topological polar surface area (TPSA) is 44.4 Å². The van der Waals surface area contributed by atoms with Gasteiger partial charge in [0.25, 0.3) is 0 Å². The first-order valence-corrected chi connectivity index (χ1v) is 7.52. The molecule has 0 saturated carbocycles. The van der Waals surface area contributed by atoms with Crippen molar-refractivity contribution in [1.82, 2.24) is 15.5 Å². The maximum atomic E-state index is 12.9. The Hall–Kier alpha value is -1.46. The van der Waals surface area contributed by atoms with Gasteiger partial charge in [0.1, 0.15) is 5.82 Å². The molecule has 1 saturated heterocycles. The summed E-state index contributed by atoms with van der Waals surface area (Å²) in [7, 11) is 2.00. The summed E-state index contributed by atoms with van der Waals surface area (Å²) in [5.41, 5.74) is 0.911. The first kappa shape index (κ1) is 15.9. The first-order chi connectivity index (χ1) is 10.1. The quantitative estimate of drug-likeness (QED) is 0.868. The van der Waals surface area contributed by atoms with E-state index in [1.807, 2.05) is 14.0 Å². The smallest absolute Gasteiger partial charge is 0.234 e. The number of benzene rings is 1. The van der Waals surface area contributed by atoms with Crippen LogP contribution in [-0.4, -0.2) is 43.5 Å². The summed E-state index contributed by atoms with van der Waals surface area (Å²) in [5, 5.41) is 6.29. The third-order valence-electron chi connectivity index (χ3n) is 4.07. The SMILES string of the molecule is CC(NC(=O)CN(C)C1CCNCC1)c1ccc(F)cc1. The number of nitrogens with one attached hydrogen (secondary N) is 2. The molecule has 2 N–H and O–H groups in total. The number of nitrogens with zero attached hydrogens (tertiary/aromatic N) is 1. The molecule has 21 heavy (non-hydrogen) atoms. The molecule has 0 aliphatic carbocycles. The van der Waals surface area contributed by atoms with Crippen LogP contribution in [-0.2, 0) is 4.79 Å². The fraction of sp³-hybridized carbons (Fsp3) is 0.562. The number of amides is 1. The third kappa shape index (κ3) is 4.79. The number of hydrogen-bond acceptors (Lipinski definition) is 3. The first-order valence-electron chi connectivity index (χ1n) is 7.52. The standard InChI is InChI=1S/C16H24FN3O/c1-12(13-3-5-14(17)6-4-13)19-16(21)11-20(2)15-7-9-18-10-8-15/h3-6,12,15,18H,7-11H2,1-2H3,(H,19,21). The van der Waals surface area contributed by atoms with Crippen LogP contribution in [0.4, 0.5) is 4.39 Å². The maximum absolute atomic E-state index is 12.9. The van der Waals surface area contributed by atoms with Crippen molar-refractivity contribution in [3.8, 4) is 0 Å². The molecule has 1 aromatic carbocycles. The second-order valence-corrected chi connectivity index (χ2v) is 5.74. The Morgan fingerprint density at radius 1 is 1.38 bits per heavy atom. The van der Waals surface area contributed by atoms with Crippen molar-refractivity contribution >= 4 is 5.91 Å². The Kier molecular flexibility index (Phi) is 5.70. The predicted molar refractivity (Wildman–Crippen MR) is 81.5 cm³/mol. The molecule has 116 valence electrons. The lowest BCUT2D eigenvalue weighted by Crippen LogP contribution is -2.45. The van der Waals surface area contributed by atoms with E-state index in [1.165, 1.54) is 12.1 Å². The molecular formula is C16H24FN3O. The van der Waals surface area contributed by atoms with E-state index in [-0.39, 0.29) is 17.8 Å². The average molecular weight is 293 g/mol. The number of carbonyl (C=O) groups excluding carboxylic acids is 1. The lowest BCUT2D eigenvalue weighted by Gasteiger charge is -2.31. The van der Waals surface area contributed by atoms with Gasteiger partial charge in [-0.25, -0.2) is 4.39 Å². The van der Waals surface area contributed by atoms with E-state index in [0.29, 0.717) is 12.6 Å². The van der Waals surface area contributed by atoms with E-state index >= 15 is 0 Å². The van der Waals surface area contributed by atoms with Crippen molar-refractivity contribution in [1.29, 1.82) is 0 Å². The minimum Gasteiger partial charge on any atom is -0.348 e. The number of rotatable bonds is 5. The van der Waals surface area contributed by atoms with Gasteiger partial charge >= 0.3 is 0 Å². The van der Waals surface area contributed by atoms with Crippen molar-refractivity contribution in [2.75, 3.05) is 26.7 Å². The normalized spacial score (nSPS) is 17.7. The van der Waals surface area contributed by atoms with E-state index in [9.17, 15) is 9.18 Å². The molecule has 1 aliphatic heterocycles. The van der Waals surface area contributed by atoms with E-state index in [0.717, 1.165) is 31.5 Å². The summed E-state index contributed by atoms with van der Waals surface area (Å²) in [6.45, 7) is 4.34. The van der Waals surface area contributed by atoms with Gasteiger partial charge in [-0.3, -0.25) is 9.69 Å². The van der Waals surface area contributed by atoms with Gasteiger partial charge in [0.15, 0.2) is 0 Å². The van der Waals surface area contributed by atoms with Crippen LogP contribution in [0, 0.1) is 5.82 Å². The van der Waals surface area contributed by atoms with Gasteiger partial charge in [-0.15, -0.1) is 0 Å². The molecule has 0 radical (unpaired) electrons. The number of piperidine rings is 1. The Bertz CT molecular complexity index is 457. The second-order valence-electron chi connectivity index (χ2n) is 5.74. The largest absolute Gasteiger partial charge is 0.348 e. The van der Waals surface area contributed by atoms with Gasteiger partial charge in [0, 0.05) is 6.04 Å². The van der Waals surface area contributed by atoms with E-state index in [2.05, 4.69) is 15.5 Å². The third-order valence-corrected chi connectivity index (χ3v) is 4.07. The molecule has 1 fully saturated rings. The van der Waals surface area contributed by atoms with Crippen LogP contribution in [0.3, 0.4) is 0 Å². The minimum absolute atomic E-state index is 0.00728. The zero-order valence-electron chi connectivity index (χ0n) is 12.7. The molecule has 1 heterocycles. The fourth-order valence-corrected chi connectivity index (χ4v) is 2.72. The van der Waals surface area contributed by atoms with Gasteiger partial charge in [-0.2, -0.15) is 0 Å². The van der Waals surface area contributed by atoms with Crippen molar-refractivity contribution in [3.63, 3.8) is 0 Å². The molecule has 1 unspecified atom stereocenters. The highest BCUT2D eigenvalue weighted by molar-refractivity contribution is 5.78. The van der Waals surface area contributed by atoms with Crippen LogP contribution in [0.5, 0.6) is 0 Å². The van der Waals surface area contributed by atoms with Crippen LogP contribution >= 0.6 is 0 Å². The van der Waals surface area contributed by atoms with Crippen LogP contribution < -0.4 is 10.6 Å². The maximum Gasteiger partial charge on any atom is 0.234 e. The van der Waals surface area contributed by atoms with Crippen LogP contribution in [0.25, 0.3) is 0 Å².